The summed E-state index contributed by atoms with van der Waals surface area (Å²) in [4.78, 5) is 16.0. The highest BCUT2D eigenvalue weighted by Gasteiger charge is 2.23. The highest BCUT2D eigenvalue weighted by molar-refractivity contribution is 5.76. The predicted molar refractivity (Wildman–Crippen MR) is 78.3 cm³/mol. The summed E-state index contributed by atoms with van der Waals surface area (Å²) in [6.07, 6.45) is 2.41. The molecule has 3 rings (SSSR count). The van der Waals surface area contributed by atoms with E-state index < -0.39 is 0 Å². The number of aromatic nitrogens is 3. The number of methoxy groups -OCH3 is 1. The molecule has 0 radical (unpaired) electrons. The minimum Gasteiger partial charge on any atom is -0.384 e. The lowest BCUT2D eigenvalue weighted by Gasteiger charge is -2.34. The van der Waals surface area contributed by atoms with Gasteiger partial charge >= 0.3 is 0 Å². The van der Waals surface area contributed by atoms with Crippen LogP contribution in [-0.2, 0) is 9.53 Å². The third-order valence-corrected chi connectivity index (χ3v) is 3.73. The van der Waals surface area contributed by atoms with Crippen molar-refractivity contribution in [2.24, 2.45) is 0 Å². The Labute approximate surface area is 123 Å². The lowest BCUT2D eigenvalue weighted by Crippen LogP contribution is -2.49. The van der Waals surface area contributed by atoms with Gasteiger partial charge in [0.2, 0.25) is 11.9 Å². The second-order valence-corrected chi connectivity index (χ2v) is 5.04. The highest BCUT2D eigenvalue weighted by Crippen LogP contribution is 2.15. The molecule has 1 saturated heterocycles. The molecule has 0 bridgehead atoms. The van der Waals surface area contributed by atoms with Crippen molar-refractivity contribution in [3.05, 3.63) is 24.4 Å². The Morgan fingerprint density at radius 1 is 1.24 bits per heavy atom. The first-order valence-electron chi connectivity index (χ1n) is 7.11. The number of fused-ring (bicyclic) bond motifs is 1. The third kappa shape index (κ3) is 2.82. The molecule has 3 heterocycles. The van der Waals surface area contributed by atoms with Crippen molar-refractivity contribution in [1.82, 2.24) is 19.5 Å². The van der Waals surface area contributed by atoms with Crippen LogP contribution in [-0.4, -0.2) is 65.3 Å². The summed E-state index contributed by atoms with van der Waals surface area (Å²) in [6.45, 7) is 3.45. The monoisotopic (exact) mass is 289 g/mol. The maximum atomic E-state index is 12.0. The minimum atomic E-state index is 0.155. The second-order valence-electron chi connectivity index (χ2n) is 5.04. The fourth-order valence-corrected chi connectivity index (χ4v) is 2.55. The lowest BCUT2D eigenvalue weighted by molar-refractivity contribution is -0.132. The molecule has 112 valence electrons. The number of pyridine rings is 1. The van der Waals surface area contributed by atoms with Crippen LogP contribution in [0, 0.1) is 0 Å². The van der Waals surface area contributed by atoms with Gasteiger partial charge in [0.05, 0.1) is 13.0 Å². The van der Waals surface area contributed by atoms with E-state index >= 15 is 0 Å². The van der Waals surface area contributed by atoms with E-state index in [2.05, 4.69) is 15.1 Å². The predicted octanol–water partition coefficient (Wildman–Crippen LogP) is 0.414. The average Bonchev–Trinajstić information content (AvgIpc) is 2.97. The maximum absolute atomic E-state index is 12.0. The van der Waals surface area contributed by atoms with Gasteiger partial charge in [-0.15, -0.1) is 10.2 Å². The molecule has 1 fully saturated rings. The Kier molecular flexibility index (Phi) is 4.01. The summed E-state index contributed by atoms with van der Waals surface area (Å²) in [5.74, 6) is 0.997. The van der Waals surface area contributed by atoms with E-state index in [9.17, 15) is 4.79 Å². The second kappa shape index (κ2) is 6.09. The summed E-state index contributed by atoms with van der Waals surface area (Å²) in [5, 5.41) is 8.42. The lowest BCUT2D eigenvalue weighted by atomic mass is 10.3. The van der Waals surface area contributed by atoms with E-state index in [0.29, 0.717) is 26.1 Å². The zero-order valence-corrected chi connectivity index (χ0v) is 12.1. The standard InChI is InChI=1S/C14H19N5O2/c1-21-11-5-13(20)17-7-9-18(10-8-17)14-16-15-12-4-2-3-6-19(12)14/h2-4,6H,5,7-11H2,1H3. The van der Waals surface area contributed by atoms with Crippen LogP contribution in [0.4, 0.5) is 5.95 Å². The summed E-state index contributed by atoms with van der Waals surface area (Å²) in [7, 11) is 1.61. The van der Waals surface area contributed by atoms with Crippen molar-refractivity contribution in [2.75, 3.05) is 44.8 Å². The number of hydrogen-bond acceptors (Lipinski definition) is 5. The van der Waals surface area contributed by atoms with Crippen molar-refractivity contribution in [1.29, 1.82) is 0 Å². The molecule has 2 aromatic rings. The fourth-order valence-electron chi connectivity index (χ4n) is 2.55. The first kappa shape index (κ1) is 13.8. The Morgan fingerprint density at radius 2 is 2.05 bits per heavy atom. The number of nitrogens with zero attached hydrogens (tertiary/aromatic N) is 5. The van der Waals surface area contributed by atoms with Gasteiger partial charge in [-0.25, -0.2) is 0 Å². The van der Waals surface area contributed by atoms with Gasteiger partial charge in [0.1, 0.15) is 0 Å². The molecule has 0 unspecified atom stereocenters. The molecule has 0 spiro atoms. The van der Waals surface area contributed by atoms with E-state index in [1.807, 2.05) is 33.7 Å². The number of carbonyl (C=O) groups is 1. The van der Waals surface area contributed by atoms with E-state index in [0.717, 1.165) is 24.7 Å². The number of ether oxygens (including phenoxy) is 1. The Hall–Kier alpha value is -2.15. The Morgan fingerprint density at radius 3 is 2.81 bits per heavy atom. The van der Waals surface area contributed by atoms with Crippen LogP contribution in [0.15, 0.2) is 24.4 Å². The number of amides is 1. The number of rotatable bonds is 4. The van der Waals surface area contributed by atoms with Crippen LogP contribution in [0.25, 0.3) is 5.65 Å². The molecular formula is C14H19N5O2. The van der Waals surface area contributed by atoms with Crippen molar-refractivity contribution in [3.63, 3.8) is 0 Å². The first-order chi connectivity index (χ1) is 10.3. The van der Waals surface area contributed by atoms with Crippen molar-refractivity contribution < 1.29 is 9.53 Å². The van der Waals surface area contributed by atoms with Crippen LogP contribution in [0.2, 0.25) is 0 Å². The Balaban J connectivity index is 1.64. The largest absolute Gasteiger partial charge is 0.384 e. The van der Waals surface area contributed by atoms with Gasteiger partial charge in [-0.2, -0.15) is 0 Å². The van der Waals surface area contributed by atoms with Gasteiger partial charge in [0.25, 0.3) is 0 Å². The van der Waals surface area contributed by atoms with Crippen LogP contribution < -0.4 is 4.90 Å². The van der Waals surface area contributed by atoms with Crippen LogP contribution >= 0.6 is 0 Å². The fraction of sp³-hybridized carbons (Fsp3) is 0.500. The van der Waals surface area contributed by atoms with Gasteiger partial charge in [0.15, 0.2) is 5.65 Å². The molecule has 1 amide bonds. The summed E-state index contributed by atoms with van der Waals surface area (Å²) < 4.78 is 6.93. The maximum Gasteiger partial charge on any atom is 0.231 e. The molecule has 7 nitrogen and oxygen atoms in total. The molecule has 0 atom stereocenters. The molecule has 21 heavy (non-hydrogen) atoms. The van der Waals surface area contributed by atoms with Crippen molar-refractivity contribution >= 4 is 17.5 Å². The number of carbonyl (C=O) groups excluding carboxylic acids is 1. The van der Waals surface area contributed by atoms with E-state index in [4.69, 9.17) is 4.74 Å². The molecule has 0 saturated carbocycles. The van der Waals surface area contributed by atoms with Gasteiger partial charge in [-0.05, 0) is 12.1 Å². The topological polar surface area (TPSA) is 63.0 Å². The normalized spacial score (nSPS) is 15.7. The van der Waals surface area contributed by atoms with Gasteiger partial charge in [-0.1, -0.05) is 6.07 Å². The molecule has 7 heteroatoms. The minimum absolute atomic E-state index is 0.155. The smallest absolute Gasteiger partial charge is 0.231 e. The van der Waals surface area contributed by atoms with Gasteiger partial charge in [0, 0.05) is 39.5 Å². The SMILES string of the molecule is COCCC(=O)N1CCN(c2nnc3ccccn23)CC1. The molecule has 0 aliphatic carbocycles. The van der Waals surface area contributed by atoms with Crippen LogP contribution in [0.3, 0.4) is 0 Å². The zero-order valence-electron chi connectivity index (χ0n) is 12.1. The summed E-state index contributed by atoms with van der Waals surface area (Å²) in [6, 6.07) is 5.84. The van der Waals surface area contributed by atoms with Crippen LogP contribution in [0.5, 0.6) is 0 Å². The van der Waals surface area contributed by atoms with E-state index in [1.54, 1.807) is 7.11 Å². The van der Waals surface area contributed by atoms with Crippen LogP contribution in [0.1, 0.15) is 6.42 Å². The Bertz CT molecular complexity index is 619. The molecule has 0 aromatic carbocycles. The van der Waals surface area contributed by atoms with Gasteiger partial charge < -0.3 is 14.5 Å². The molecule has 1 aliphatic heterocycles. The van der Waals surface area contributed by atoms with E-state index in [-0.39, 0.29) is 5.91 Å². The third-order valence-electron chi connectivity index (χ3n) is 3.73. The molecule has 1 aliphatic rings. The molecule has 2 aromatic heterocycles. The number of anilines is 1. The first-order valence-corrected chi connectivity index (χ1v) is 7.11. The van der Waals surface area contributed by atoms with Crippen molar-refractivity contribution in [2.45, 2.75) is 6.42 Å². The zero-order chi connectivity index (χ0) is 14.7. The number of piperazine rings is 1. The van der Waals surface area contributed by atoms with Gasteiger partial charge in [-0.3, -0.25) is 9.20 Å². The van der Waals surface area contributed by atoms with Crippen molar-refractivity contribution in [3.8, 4) is 0 Å². The summed E-state index contributed by atoms with van der Waals surface area (Å²) in [5.41, 5.74) is 0.839. The average molecular weight is 289 g/mol. The molecule has 0 N–H and O–H groups in total. The highest BCUT2D eigenvalue weighted by atomic mass is 16.5. The quantitative estimate of drug-likeness (QED) is 0.816. The summed E-state index contributed by atoms with van der Waals surface area (Å²) >= 11 is 0. The number of hydrogen-bond donors (Lipinski definition) is 0. The molecular weight excluding hydrogens is 270 g/mol. The van der Waals surface area contributed by atoms with E-state index in [1.165, 1.54) is 0 Å².